The van der Waals surface area contributed by atoms with Crippen LogP contribution in [0.15, 0.2) is 24.3 Å². The number of hydrogen-bond acceptors (Lipinski definition) is 4. The van der Waals surface area contributed by atoms with E-state index in [0.29, 0.717) is 24.5 Å². The van der Waals surface area contributed by atoms with Gasteiger partial charge < -0.3 is 19.5 Å². The number of carboxylic acid groups (broad SMARTS) is 1. The Kier molecular flexibility index (Phi) is 6.36. The van der Waals surface area contributed by atoms with E-state index in [1.807, 2.05) is 6.92 Å². The smallest absolute Gasteiger partial charge is 0.323 e. The highest BCUT2D eigenvalue weighted by Crippen LogP contribution is 2.16. The van der Waals surface area contributed by atoms with Gasteiger partial charge in [0.15, 0.2) is 6.61 Å². The van der Waals surface area contributed by atoms with Gasteiger partial charge in [-0.3, -0.25) is 9.59 Å². The number of carbonyl (C=O) groups excluding carboxylic acids is 1. The molecule has 0 saturated heterocycles. The third-order valence-corrected chi connectivity index (χ3v) is 2.59. The monoisotopic (exact) mass is 281 g/mol. The van der Waals surface area contributed by atoms with Crippen molar-refractivity contribution >= 4 is 11.9 Å². The van der Waals surface area contributed by atoms with E-state index in [1.54, 1.807) is 31.4 Å². The third kappa shape index (κ3) is 5.17. The number of rotatable bonds is 8. The number of carboxylic acids is 1. The number of hydrogen-bond donors (Lipinski definition) is 1. The summed E-state index contributed by atoms with van der Waals surface area (Å²) in [6.45, 7) is 1.79. The topological polar surface area (TPSA) is 76.1 Å². The van der Waals surface area contributed by atoms with Gasteiger partial charge in [0.25, 0.3) is 5.91 Å². The van der Waals surface area contributed by atoms with Crippen LogP contribution in [-0.2, 0) is 9.59 Å². The van der Waals surface area contributed by atoms with Crippen LogP contribution in [0.5, 0.6) is 11.5 Å². The summed E-state index contributed by atoms with van der Waals surface area (Å²) in [5.41, 5.74) is 0. The first-order valence-corrected chi connectivity index (χ1v) is 6.33. The van der Waals surface area contributed by atoms with Gasteiger partial charge in [0.2, 0.25) is 0 Å². The van der Waals surface area contributed by atoms with Crippen molar-refractivity contribution in [2.24, 2.45) is 0 Å². The van der Waals surface area contributed by atoms with E-state index < -0.39 is 5.97 Å². The molecule has 0 radical (unpaired) electrons. The van der Waals surface area contributed by atoms with Crippen LogP contribution in [0, 0.1) is 0 Å². The first kappa shape index (κ1) is 15.8. The zero-order valence-electron chi connectivity index (χ0n) is 11.7. The molecule has 1 aromatic carbocycles. The molecule has 0 aliphatic carbocycles. The highest BCUT2D eigenvalue weighted by molar-refractivity contribution is 5.82. The second kappa shape index (κ2) is 8.04. The second-order valence-electron chi connectivity index (χ2n) is 4.17. The molecule has 110 valence electrons. The molecule has 0 saturated carbocycles. The summed E-state index contributed by atoms with van der Waals surface area (Å²) in [4.78, 5) is 23.8. The minimum absolute atomic E-state index is 0.181. The van der Waals surface area contributed by atoms with Crippen molar-refractivity contribution in [2.75, 3.05) is 26.8 Å². The van der Waals surface area contributed by atoms with Crippen LogP contribution in [0.3, 0.4) is 0 Å². The van der Waals surface area contributed by atoms with Gasteiger partial charge in [-0.2, -0.15) is 0 Å². The summed E-state index contributed by atoms with van der Waals surface area (Å²) in [6, 6.07) is 6.82. The lowest BCUT2D eigenvalue weighted by Crippen LogP contribution is -2.39. The van der Waals surface area contributed by atoms with Crippen LogP contribution < -0.4 is 9.47 Å². The van der Waals surface area contributed by atoms with Crippen LogP contribution in [0.2, 0.25) is 0 Å². The molecule has 0 heterocycles. The average molecular weight is 281 g/mol. The van der Waals surface area contributed by atoms with Gasteiger partial charge in [-0.05, 0) is 30.7 Å². The lowest BCUT2D eigenvalue weighted by molar-refractivity contribution is -0.145. The molecule has 6 nitrogen and oxygen atoms in total. The Balaban J connectivity index is 2.52. The summed E-state index contributed by atoms with van der Waals surface area (Å²) in [5, 5.41) is 8.75. The standard InChI is InChI=1S/C14H19NO5/c1-3-8-15(9-14(17)18)13(16)10-20-12-6-4-11(19-2)5-7-12/h4-7H,3,8-10H2,1-2H3,(H,17,18). The minimum atomic E-state index is -1.03. The molecule has 0 atom stereocenters. The number of amides is 1. The van der Waals surface area contributed by atoms with Gasteiger partial charge in [-0.25, -0.2) is 0 Å². The quantitative estimate of drug-likeness (QED) is 0.779. The summed E-state index contributed by atoms with van der Waals surface area (Å²) < 4.78 is 10.3. The Morgan fingerprint density at radius 2 is 1.80 bits per heavy atom. The Labute approximate surface area is 117 Å². The largest absolute Gasteiger partial charge is 0.497 e. The number of nitrogens with zero attached hydrogens (tertiary/aromatic N) is 1. The predicted octanol–water partition coefficient (Wildman–Crippen LogP) is 1.40. The van der Waals surface area contributed by atoms with E-state index >= 15 is 0 Å². The van der Waals surface area contributed by atoms with Gasteiger partial charge in [-0.15, -0.1) is 0 Å². The molecule has 0 aliphatic rings. The lowest BCUT2D eigenvalue weighted by atomic mass is 10.3. The fourth-order valence-corrected chi connectivity index (χ4v) is 1.63. The highest BCUT2D eigenvalue weighted by atomic mass is 16.5. The van der Waals surface area contributed by atoms with E-state index in [9.17, 15) is 9.59 Å². The maximum atomic E-state index is 11.9. The van der Waals surface area contributed by atoms with Crippen molar-refractivity contribution in [1.82, 2.24) is 4.90 Å². The summed E-state index contributed by atoms with van der Waals surface area (Å²) in [6.07, 6.45) is 0.696. The van der Waals surface area contributed by atoms with Crippen LogP contribution >= 0.6 is 0 Å². The summed E-state index contributed by atoms with van der Waals surface area (Å²) >= 11 is 0. The molecule has 0 bridgehead atoms. The molecule has 6 heteroatoms. The number of aliphatic carboxylic acids is 1. The molecule has 1 N–H and O–H groups in total. The van der Waals surface area contributed by atoms with Crippen molar-refractivity contribution in [1.29, 1.82) is 0 Å². The van der Waals surface area contributed by atoms with Crippen molar-refractivity contribution in [3.05, 3.63) is 24.3 Å². The zero-order chi connectivity index (χ0) is 15.0. The Morgan fingerprint density at radius 3 is 2.30 bits per heavy atom. The highest BCUT2D eigenvalue weighted by Gasteiger charge is 2.16. The third-order valence-electron chi connectivity index (χ3n) is 2.59. The molecule has 1 aromatic rings. The van der Waals surface area contributed by atoms with E-state index in [4.69, 9.17) is 14.6 Å². The molecule has 0 fully saturated rings. The van der Waals surface area contributed by atoms with Crippen molar-refractivity contribution in [3.8, 4) is 11.5 Å². The van der Waals surface area contributed by atoms with Gasteiger partial charge in [-0.1, -0.05) is 6.92 Å². The average Bonchev–Trinajstić information content (AvgIpc) is 2.44. The minimum Gasteiger partial charge on any atom is -0.497 e. The fourth-order valence-electron chi connectivity index (χ4n) is 1.63. The van der Waals surface area contributed by atoms with Crippen LogP contribution in [0.25, 0.3) is 0 Å². The molecular formula is C14H19NO5. The normalized spacial score (nSPS) is 9.90. The maximum Gasteiger partial charge on any atom is 0.323 e. The SMILES string of the molecule is CCCN(CC(=O)O)C(=O)COc1ccc(OC)cc1. The van der Waals surface area contributed by atoms with Crippen molar-refractivity contribution in [3.63, 3.8) is 0 Å². The molecule has 0 unspecified atom stereocenters. The summed E-state index contributed by atoms with van der Waals surface area (Å²) in [7, 11) is 1.56. The number of methoxy groups -OCH3 is 1. The van der Waals surface area contributed by atoms with Gasteiger partial charge in [0.1, 0.15) is 18.0 Å². The number of ether oxygens (including phenoxy) is 2. The molecule has 0 aliphatic heterocycles. The Bertz CT molecular complexity index is 443. The molecule has 0 spiro atoms. The van der Waals surface area contributed by atoms with Gasteiger partial charge in [0, 0.05) is 6.54 Å². The maximum absolute atomic E-state index is 11.9. The second-order valence-corrected chi connectivity index (χ2v) is 4.17. The number of benzene rings is 1. The van der Waals surface area contributed by atoms with E-state index in [-0.39, 0.29) is 19.1 Å². The molecule has 1 rings (SSSR count). The summed E-state index contributed by atoms with van der Waals surface area (Å²) in [5.74, 6) is -0.144. The van der Waals surface area contributed by atoms with Crippen molar-refractivity contribution in [2.45, 2.75) is 13.3 Å². The van der Waals surface area contributed by atoms with Gasteiger partial charge in [0.05, 0.1) is 7.11 Å². The first-order valence-electron chi connectivity index (χ1n) is 6.33. The Hall–Kier alpha value is -2.24. The van der Waals surface area contributed by atoms with Crippen LogP contribution in [0.1, 0.15) is 13.3 Å². The molecule has 0 aromatic heterocycles. The molecule has 1 amide bonds. The Morgan fingerprint density at radius 1 is 1.20 bits per heavy atom. The van der Waals surface area contributed by atoms with Crippen LogP contribution in [0.4, 0.5) is 0 Å². The number of carbonyl (C=O) groups is 2. The molecular weight excluding hydrogens is 262 g/mol. The lowest BCUT2D eigenvalue weighted by Gasteiger charge is -2.20. The van der Waals surface area contributed by atoms with Gasteiger partial charge >= 0.3 is 5.97 Å². The first-order chi connectivity index (χ1) is 9.56. The molecule has 20 heavy (non-hydrogen) atoms. The zero-order valence-corrected chi connectivity index (χ0v) is 11.7. The van der Waals surface area contributed by atoms with E-state index in [2.05, 4.69) is 0 Å². The van der Waals surface area contributed by atoms with Crippen molar-refractivity contribution < 1.29 is 24.2 Å². The van der Waals surface area contributed by atoms with E-state index in [0.717, 1.165) is 0 Å². The van der Waals surface area contributed by atoms with Crippen LogP contribution in [-0.4, -0.2) is 48.7 Å². The fraction of sp³-hybridized carbons (Fsp3) is 0.429. The predicted molar refractivity (Wildman–Crippen MR) is 73.0 cm³/mol. The van der Waals surface area contributed by atoms with E-state index in [1.165, 1.54) is 4.90 Å².